The molecular formula is C17H18ClNO4. The van der Waals surface area contributed by atoms with Crippen molar-refractivity contribution in [1.82, 2.24) is 5.32 Å². The Kier molecular flexibility index (Phi) is 5.23. The summed E-state index contributed by atoms with van der Waals surface area (Å²) in [5.74, 6) is 2.01. The van der Waals surface area contributed by atoms with Gasteiger partial charge in [0.05, 0.1) is 0 Å². The van der Waals surface area contributed by atoms with E-state index in [1.165, 1.54) is 0 Å². The number of hydrogen-bond acceptors (Lipinski definition) is 5. The SMILES string of the molecule is OC(CNCc1ccccc1Cl)COc1ccc2c(c1)OCO2. The average molecular weight is 336 g/mol. The summed E-state index contributed by atoms with van der Waals surface area (Å²) in [6, 6.07) is 13.0. The van der Waals surface area contributed by atoms with Crippen molar-refractivity contribution in [3.63, 3.8) is 0 Å². The van der Waals surface area contributed by atoms with Gasteiger partial charge in [0.1, 0.15) is 18.5 Å². The molecule has 23 heavy (non-hydrogen) atoms. The van der Waals surface area contributed by atoms with Gasteiger partial charge in [0.25, 0.3) is 0 Å². The average Bonchev–Trinajstić information content (AvgIpc) is 3.02. The van der Waals surface area contributed by atoms with Crippen LogP contribution < -0.4 is 19.5 Å². The second-order valence-corrected chi connectivity index (χ2v) is 5.61. The van der Waals surface area contributed by atoms with E-state index in [0.29, 0.717) is 35.4 Å². The lowest BCUT2D eigenvalue weighted by atomic mass is 10.2. The minimum atomic E-state index is -0.622. The summed E-state index contributed by atoms with van der Waals surface area (Å²) in [5.41, 5.74) is 0.998. The molecular weight excluding hydrogens is 318 g/mol. The number of benzene rings is 2. The molecule has 0 aliphatic carbocycles. The number of nitrogens with one attached hydrogen (secondary N) is 1. The number of aliphatic hydroxyl groups excluding tert-OH is 1. The predicted octanol–water partition coefficient (Wildman–Crippen LogP) is 2.60. The topological polar surface area (TPSA) is 60.0 Å². The molecule has 1 aliphatic rings. The van der Waals surface area contributed by atoms with Crippen LogP contribution in [0.4, 0.5) is 0 Å². The van der Waals surface area contributed by atoms with Crippen molar-refractivity contribution in [1.29, 1.82) is 0 Å². The van der Waals surface area contributed by atoms with Gasteiger partial charge in [-0.05, 0) is 23.8 Å². The maximum atomic E-state index is 9.97. The molecule has 2 aromatic carbocycles. The summed E-state index contributed by atoms with van der Waals surface area (Å²) >= 11 is 6.08. The normalized spacial score (nSPS) is 13.8. The molecule has 0 aromatic heterocycles. The molecule has 122 valence electrons. The first kappa shape index (κ1) is 15.9. The van der Waals surface area contributed by atoms with E-state index in [1.54, 1.807) is 18.2 Å². The molecule has 1 aliphatic heterocycles. The zero-order chi connectivity index (χ0) is 16.1. The molecule has 0 saturated carbocycles. The molecule has 3 rings (SSSR count). The highest BCUT2D eigenvalue weighted by atomic mass is 35.5. The third-order valence-corrected chi connectivity index (χ3v) is 3.81. The van der Waals surface area contributed by atoms with Crippen LogP contribution in [0.15, 0.2) is 42.5 Å². The van der Waals surface area contributed by atoms with Gasteiger partial charge >= 0.3 is 0 Å². The second kappa shape index (κ2) is 7.55. The highest BCUT2D eigenvalue weighted by Crippen LogP contribution is 2.35. The van der Waals surface area contributed by atoms with Gasteiger partial charge in [-0.3, -0.25) is 0 Å². The van der Waals surface area contributed by atoms with Gasteiger partial charge in [-0.1, -0.05) is 29.8 Å². The van der Waals surface area contributed by atoms with Gasteiger partial charge in [-0.25, -0.2) is 0 Å². The highest BCUT2D eigenvalue weighted by molar-refractivity contribution is 6.31. The first-order chi connectivity index (χ1) is 11.2. The number of halogens is 1. The minimum absolute atomic E-state index is 0.190. The molecule has 1 unspecified atom stereocenters. The third-order valence-electron chi connectivity index (χ3n) is 3.44. The molecule has 2 N–H and O–H groups in total. The lowest BCUT2D eigenvalue weighted by Gasteiger charge is -2.14. The smallest absolute Gasteiger partial charge is 0.231 e. The Balaban J connectivity index is 1.41. The second-order valence-electron chi connectivity index (χ2n) is 5.20. The number of hydrogen-bond donors (Lipinski definition) is 2. The van der Waals surface area contributed by atoms with Crippen molar-refractivity contribution < 1.29 is 19.3 Å². The summed E-state index contributed by atoms with van der Waals surface area (Å²) in [6.07, 6.45) is -0.622. The maximum Gasteiger partial charge on any atom is 0.231 e. The lowest BCUT2D eigenvalue weighted by molar-refractivity contribution is 0.106. The molecule has 0 spiro atoms. The Bertz CT molecular complexity index is 665. The lowest BCUT2D eigenvalue weighted by Crippen LogP contribution is -2.31. The molecule has 1 heterocycles. The van der Waals surface area contributed by atoms with Crippen LogP contribution >= 0.6 is 11.6 Å². The van der Waals surface area contributed by atoms with Gasteiger partial charge in [0.2, 0.25) is 6.79 Å². The zero-order valence-electron chi connectivity index (χ0n) is 12.5. The summed E-state index contributed by atoms with van der Waals surface area (Å²) in [4.78, 5) is 0. The summed E-state index contributed by atoms with van der Waals surface area (Å²) in [7, 11) is 0. The predicted molar refractivity (Wildman–Crippen MR) is 87.2 cm³/mol. The zero-order valence-corrected chi connectivity index (χ0v) is 13.3. The number of rotatable bonds is 7. The van der Waals surface area contributed by atoms with Gasteiger partial charge < -0.3 is 24.6 Å². The van der Waals surface area contributed by atoms with E-state index >= 15 is 0 Å². The van der Waals surface area contributed by atoms with Crippen LogP contribution in [0.1, 0.15) is 5.56 Å². The Morgan fingerprint density at radius 1 is 1.17 bits per heavy atom. The Labute approximate surface area is 139 Å². The van der Waals surface area contributed by atoms with E-state index in [0.717, 1.165) is 5.56 Å². The van der Waals surface area contributed by atoms with Crippen LogP contribution in [0.5, 0.6) is 17.2 Å². The monoisotopic (exact) mass is 335 g/mol. The van der Waals surface area contributed by atoms with E-state index in [2.05, 4.69) is 5.32 Å². The summed E-state index contributed by atoms with van der Waals surface area (Å²) in [6.45, 7) is 1.43. The Morgan fingerprint density at radius 3 is 2.87 bits per heavy atom. The van der Waals surface area contributed by atoms with Gasteiger partial charge in [0.15, 0.2) is 11.5 Å². The molecule has 0 fully saturated rings. The fourth-order valence-electron chi connectivity index (χ4n) is 2.23. The van der Waals surface area contributed by atoms with Crippen molar-refractivity contribution >= 4 is 11.6 Å². The van der Waals surface area contributed by atoms with Crippen molar-refractivity contribution in [3.8, 4) is 17.2 Å². The highest BCUT2D eigenvalue weighted by Gasteiger charge is 2.14. The molecule has 0 bridgehead atoms. The Hall–Kier alpha value is -1.95. The van der Waals surface area contributed by atoms with Crippen LogP contribution in [0, 0.1) is 0 Å². The molecule has 6 heteroatoms. The largest absolute Gasteiger partial charge is 0.491 e. The summed E-state index contributed by atoms with van der Waals surface area (Å²) in [5, 5.41) is 13.8. The quantitative estimate of drug-likeness (QED) is 0.814. The molecule has 2 aromatic rings. The first-order valence-electron chi connectivity index (χ1n) is 7.37. The van der Waals surface area contributed by atoms with Gasteiger partial charge in [-0.2, -0.15) is 0 Å². The third kappa shape index (κ3) is 4.28. The van der Waals surface area contributed by atoms with Gasteiger partial charge in [-0.15, -0.1) is 0 Å². The van der Waals surface area contributed by atoms with Crippen LogP contribution in [0.2, 0.25) is 5.02 Å². The molecule has 1 atom stereocenters. The van der Waals surface area contributed by atoms with Crippen molar-refractivity contribution in [2.45, 2.75) is 12.6 Å². The van der Waals surface area contributed by atoms with E-state index in [-0.39, 0.29) is 13.4 Å². The number of ether oxygens (including phenoxy) is 3. The fourth-order valence-corrected chi connectivity index (χ4v) is 2.44. The summed E-state index contributed by atoms with van der Waals surface area (Å²) < 4.78 is 16.1. The van der Waals surface area contributed by atoms with E-state index in [9.17, 15) is 5.11 Å². The molecule has 0 amide bonds. The molecule has 5 nitrogen and oxygen atoms in total. The number of aliphatic hydroxyl groups is 1. The standard InChI is InChI=1S/C17H18ClNO4/c18-15-4-2-1-3-12(15)8-19-9-13(20)10-21-14-5-6-16-17(7-14)23-11-22-16/h1-7,13,19-20H,8-11H2. The van der Waals surface area contributed by atoms with Crippen molar-refractivity contribution in [3.05, 3.63) is 53.1 Å². The maximum absolute atomic E-state index is 9.97. The first-order valence-corrected chi connectivity index (χ1v) is 7.75. The Morgan fingerprint density at radius 2 is 2.00 bits per heavy atom. The molecule has 0 saturated heterocycles. The van der Waals surface area contributed by atoms with Crippen LogP contribution in [0.25, 0.3) is 0 Å². The number of fused-ring (bicyclic) bond motifs is 1. The minimum Gasteiger partial charge on any atom is -0.491 e. The van der Waals surface area contributed by atoms with E-state index in [1.807, 2.05) is 24.3 Å². The van der Waals surface area contributed by atoms with Gasteiger partial charge in [0, 0.05) is 24.2 Å². The van der Waals surface area contributed by atoms with E-state index in [4.69, 9.17) is 25.8 Å². The van der Waals surface area contributed by atoms with E-state index < -0.39 is 6.10 Å². The fraction of sp³-hybridized carbons (Fsp3) is 0.294. The van der Waals surface area contributed by atoms with Crippen LogP contribution in [-0.2, 0) is 6.54 Å². The van der Waals surface area contributed by atoms with Crippen LogP contribution in [-0.4, -0.2) is 31.2 Å². The molecule has 0 radical (unpaired) electrons. The van der Waals surface area contributed by atoms with Crippen molar-refractivity contribution in [2.75, 3.05) is 19.9 Å². The van der Waals surface area contributed by atoms with Crippen molar-refractivity contribution in [2.24, 2.45) is 0 Å². The van der Waals surface area contributed by atoms with Crippen LogP contribution in [0.3, 0.4) is 0 Å².